The number of esters is 1. The van der Waals surface area contributed by atoms with E-state index in [1.807, 2.05) is 18.2 Å². The molecule has 0 amide bonds. The Morgan fingerprint density at radius 3 is 2.89 bits per heavy atom. The molecule has 96 valence electrons. The van der Waals surface area contributed by atoms with Gasteiger partial charge in [-0.15, -0.1) is 0 Å². The van der Waals surface area contributed by atoms with Crippen LogP contribution in [0.3, 0.4) is 0 Å². The quantitative estimate of drug-likeness (QED) is 0.761. The van der Waals surface area contributed by atoms with E-state index in [2.05, 4.69) is 36.9 Å². The lowest BCUT2D eigenvalue weighted by Crippen LogP contribution is -2.26. The largest absolute Gasteiger partial charge is 0.473 e. The highest BCUT2D eigenvalue weighted by atomic mass is 79.9. The van der Waals surface area contributed by atoms with E-state index in [1.54, 1.807) is 6.92 Å². The summed E-state index contributed by atoms with van der Waals surface area (Å²) in [4.78, 5) is 15.8. The topological polar surface area (TPSA) is 47.9 Å². The van der Waals surface area contributed by atoms with Crippen LogP contribution in [-0.2, 0) is 14.3 Å². The van der Waals surface area contributed by atoms with Crippen molar-refractivity contribution in [1.82, 2.24) is 0 Å². The zero-order valence-electron chi connectivity index (χ0n) is 9.60. The first-order valence-corrected chi connectivity index (χ1v) is 7.00. The summed E-state index contributed by atoms with van der Waals surface area (Å²) in [5, 5.41) is 0. The maximum Gasteiger partial charge on any atom is 0.335 e. The molecular weight excluding hydrogens is 366 g/mol. The number of carbonyl (C=O) groups excluding carboxylic acids is 1. The third-order valence-electron chi connectivity index (χ3n) is 2.52. The van der Waals surface area contributed by atoms with Crippen molar-refractivity contribution in [1.29, 1.82) is 0 Å². The normalized spacial score (nSPS) is 21.7. The third-order valence-corrected chi connectivity index (χ3v) is 4.40. The summed E-state index contributed by atoms with van der Waals surface area (Å²) >= 11 is 6.82. The SMILES string of the molecule is CCOC(=O)C1N=COC1c1ccc(Br)c(Br)c1. The maximum atomic E-state index is 11.7. The van der Waals surface area contributed by atoms with Crippen molar-refractivity contribution < 1.29 is 14.3 Å². The molecule has 4 nitrogen and oxygen atoms in total. The second-order valence-corrected chi connectivity index (χ2v) is 5.39. The molecule has 2 rings (SSSR count). The van der Waals surface area contributed by atoms with Gasteiger partial charge in [0.25, 0.3) is 0 Å². The number of aliphatic imine (C=N–C) groups is 1. The molecular formula is C12H11Br2NO3. The van der Waals surface area contributed by atoms with Crippen LogP contribution in [0.2, 0.25) is 0 Å². The molecule has 1 aromatic carbocycles. The van der Waals surface area contributed by atoms with Crippen LogP contribution in [0.5, 0.6) is 0 Å². The Kier molecular flexibility index (Phi) is 4.40. The number of rotatable bonds is 3. The highest BCUT2D eigenvalue weighted by molar-refractivity contribution is 9.13. The summed E-state index contributed by atoms with van der Waals surface area (Å²) in [7, 11) is 0. The molecule has 1 aliphatic rings. The lowest BCUT2D eigenvalue weighted by atomic mass is 10.0. The average molecular weight is 377 g/mol. The number of ether oxygens (including phenoxy) is 2. The van der Waals surface area contributed by atoms with Gasteiger partial charge in [0.1, 0.15) is 0 Å². The summed E-state index contributed by atoms with van der Waals surface area (Å²) in [6.07, 6.45) is 0.885. The van der Waals surface area contributed by atoms with Gasteiger partial charge in [-0.2, -0.15) is 0 Å². The van der Waals surface area contributed by atoms with Crippen LogP contribution in [0.1, 0.15) is 18.6 Å². The van der Waals surface area contributed by atoms with Crippen LogP contribution >= 0.6 is 31.9 Å². The monoisotopic (exact) mass is 375 g/mol. The van der Waals surface area contributed by atoms with Gasteiger partial charge >= 0.3 is 5.97 Å². The smallest absolute Gasteiger partial charge is 0.335 e. The number of halogens is 2. The molecule has 1 heterocycles. The predicted octanol–water partition coefficient (Wildman–Crippen LogP) is 3.24. The molecule has 0 spiro atoms. The summed E-state index contributed by atoms with van der Waals surface area (Å²) in [6.45, 7) is 2.10. The summed E-state index contributed by atoms with van der Waals surface area (Å²) in [5.74, 6) is -0.365. The molecule has 2 atom stereocenters. The summed E-state index contributed by atoms with van der Waals surface area (Å²) < 4.78 is 12.2. The first kappa shape index (κ1) is 13.5. The van der Waals surface area contributed by atoms with Crippen molar-refractivity contribution in [3.05, 3.63) is 32.7 Å². The lowest BCUT2D eigenvalue weighted by Gasteiger charge is -2.16. The van der Waals surface area contributed by atoms with Crippen molar-refractivity contribution in [2.24, 2.45) is 4.99 Å². The van der Waals surface area contributed by atoms with Crippen molar-refractivity contribution in [3.8, 4) is 0 Å². The highest BCUT2D eigenvalue weighted by Gasteiger charge is 2.35. The zero-order valence-corrected chi connectivity index (χ0v) is 12.8. The minimum atomic E-state index is -0.627. The second-order valence-electron chi connectivity index (χ2n) is 3.68. The Morgan fingerprint density at radius 1 is 1.44 bits per heavy atom. The first-order chi connectivity index (χ1) is 8.63. The molecule has 0 saturated heterocycles. The Hall–Kier alpha value is -0.880. The standard InChI is InChI=1S/C12H11Br2NO3/c1-2-17-12(16)10-11(18-6-15-10)7-3-4-8(13)9(14)5-7/h3-6,10-11H,2H2,1H3. The molecule has 0 fully saturated rings. The van der Waals surface area contributed by atoms with E-state index in [0.29, 0.717) is 6.61 Å². The van der Waals surface area contributed by atoms with Gasteiger partial charge in [-0.25, -0.2) is 9.79 Å². The van der Waals surface area contributed by atoms with Crippen LogP contribution in [-0.4, -0.2) is 25.0 Å². The fourth-order valence-corrected chi connectivity index (χ4v) is 2.32. The van der Waals surface area contributed by atoms with Crippen molar-refractivity contribution in [2.75, 3.05) is 6.61 Å². The molecule has 0 radical (unpaired) electrons. The van der Waals surface area contributed by atoms with Crippen LogP contribution in [0.25, 0.3) is 0 Å². The Labute approximate surface area is 122 Å². The molecule has 0 aromatic heterocycles. The van der Waals surface area contributed by atoms with Gasteiger partial charge in [-0.1, -0.05) is 6.07 Å². The highest BCUT2D eigenvalue weighted by Crippen LogP contribution is 2.32. The van der Waals surface area contributed by atoms with Gasteiger partial charge in [-0.3, -0.25) is 0 Å². The van der Waals surface area contributed by atoms with E-state index >= 15 is 0 Å². The molecule has 2 unspecified atom stereocenters. The Balaban J connectivity index is 2.22. The van der Waals surface area contributed by atoms with Crippen LogP contribution in [0.4, 0.5) is 0 Å². The number of nitrogens with zero attached hydrogens (tertiary/aromatic N) is 1. The van der Waals surface area contributed by atoms with Gasteiger partial charge in [0.2, 0.25) is 0 Å². The minimum absolute atomic E-state index is 0.335. The summed E-state index contributed by atoms with van der Waals surface area (Å²) in [5.41, 5.74) is 0.876. The van der Waals surface area contributed by atoms with E-state index in [-0.39, 0.29) is 5.97 Å². The number of benzene rings is 1. The molecule has 0 bridgehead atoms. The molecule has 6 heteroatoms. The van der Waals surface area contributed by atoms with Crippen molar-refractivity contribution in [2.45, 2.75) is 19.1 Å². The third kappa shape index (κ3) is 2.75. The fraction of sp³-hybridized carbons (Fsp3) is 0.333. The van der Waals surface area contributed by atoms with E-state index in [4.69, 9.17) is 9.47 Å². The zero-order chi connectivity index (χ0) is 13.1. The van der Waals surface area contributed by atoms with Gasteiger partial charge in [0.15, 0.2) is 18.5 Å². The molecule has 1 aliphatic heterocycles. The molecule has 18 heavy (non-hydrogen) atoms. The van der Waals surface area contributed by atoms with Gasteiger partial charge < -0.3 is 9.47 Å². The fourth-order valence-electron chi connectivity index (χ4n) is 1.68. The second kappa shape index (κ2) is 5.84. The minimum Gasteiger partial charge on any atom is -0.473 e. The van der Waals surface area contributed by atoms with Gasteiger partial charge in [0, 0.05) is 8.95 Å². The first-order valence-electron chi connectivity index (χ1n) is 5.42. The van der Waals surface area contributed by atoms with Crippen LogP contribution in [0, 0.1) is 0 Å². The van der Waals surface area contributed by atoms with Crippen LogP contribution < -0.4 is 0 Å². The average Bonchev–Trinajstić information content (AvgIpc) is 2.82. The predicted molar refractivity (Wildman–Crippen MR) is 74.6 cm³/mol. The number of hydrogen-bond acceptors (Lipinski definition) is 4. The van der Waals surface area contributed by atoms with Crippen molar-refractivity contribution in [3.63, 3.8) is 0 Å². The van der Waals surface area contributed by atoms with E-state index < -0.39 is 12.1 Å². The molecule has 0 N–H and O–H groups in total. The molecule has 1 aromatic rings. The van der Waals surface area contributed by atoms with Crippen LogP contribution in [0.15, 0.2) is 32.1 Å². The van der Waals surface area contributed by atoms with E-state index in [1.165, 1.54) is 6.40 Å². The summed E-state index contributed by atoms with van der Waals surface area (Å²) in [6, 6.07) is 5.05. The van der Waals surface area contributed by atoms with Gasteiger partial charge in [-0.05, 0) is 56.5 Å². The molecule has 0 aliphatic carbocycles. The maximum absolute atomic E-state index is 11.7. The Morgan fingerprint density at radius 2 is 2.22 bits per heavy atom. The Bertz CT molecular complexity index is 490. The van der Waals surface area contributed by atoms with Crippen molar-refractivity contribution >= 4 is 44.2 Å². The van der Waals surface area contributed by atoms with E-state index in [0.717, 1.165) is 14.5 Å². The number of hydrogen-bond donors (Lipinski definition) is 0. The number of carbonyl (C=O) groups is 1. The molecule has 0 saturated carbocycles. The van der Waals surface area contributed by atoms with Gasteiger partial charge in [0.05, 0.1) is 6.61 Å². The van der Waals surface area contributed by atoms with E-state index in [9.17, 15) is 4.79 Å². The lowest BCUT2D eigenvalue weighted by molar-refractivity contribution is -0.146.